The zero-order valence-electron chi connectivity index (χ0n) is 23.8. The van der Waals surface area contributed by atoms with Crippen molar-refractivity contribution >= 4 is 5.91 Å². The van der Waals surface area contributed by atoms with Gasteiger partial charge in [0.25, 0.3) is 0 Å². The van der Waals surface area contributed by atoms with E-state index in [0.29, 0.717) is 12.4 Å². The maximum atomic E-state index is 12.5. The molecule has 2 fully saturated rings. The number of methoxy groups -OCH3 is 1. The Morgan fingerprint density at radius 3 is 2.39 bits per heavy atom. The number of ether oxygens (including phenoxy) is 5. The van der Waals surface area contributed by atoms with E-state index in [0.717, 1.165) is 18.4 Å². The van der Waals surface area contributed by atoms with Crippen molar-refractivity contribution < 1.29 is 33.6 Å². The number of aliphatic hydroxyl groups is 1. The Morgan fingerprint density at radius 2 is 1.71 bits per heavy atom. The predicted molar refractivity (Wildman–Crippen MR) is 146 cm³/mol. The van der Waals surface area contributed by atoms with Crippen LogP contribution in [0.3, 0.4) is 0 Å². The Kier molecular flexibility index (Phi) is 12.3. The number of fused-ring (bicyclic) bond motifs is 1. The van der Waals surface area contributed by atoms with Gasteiger partial charge in [0.05, 0.1) is 13.5 Å². The monoisotopic (exact) mass is 535 g/mol. The maximum absolute atomic E-state index is 12.5. The van der Waals surface area contributed by atoms with Crippen molar-refractivity contribution in [3.63, 3.8) is 0 Å². The molecule has 0 aromatic heterocycles. The molecule has 216 valence electrons. The first-order chi connectivity index (χ1) is 18.3. The van der Waals surface area contributed by atoms with E-state index in [-0.39, 0.29) is 25.5 Å². The van der Waals surface area contributed by atoms with E-state index in [2.05, 4.69) is 12.2 Å². The highest BCUT2D eigenvalue weighted by molar-refractivity contribution is 5.78. The molecule has 2 aliphatic heterocycles. The van der Waals surface area contributed by atoms with Gasteiger partial charge in [-0.25, -0.2) is 0 Å². The topological polar surface area (TPSA) is 95.5 Å². The summed E-state index contributed by atoms with van der Waals surface area (Å²) in [4.78, 5) is 12.5. The van der Waals surface area contributed by atoms with E-state index in [1.165, 1.54) is 51.4 Å². The van der Waals surface area contributed by atoms with Crippen molar-refractivity contribution in [2.75, 3.05) is 26.9 Å². The van der Waals surface area contributed by atoms with Crippen LogP contribution in [0, 0.1) is 0 Å². The van der Waals surface area contributed by atoms with Gasteiger partial charge in [-0.1, -0.05) is 76.8 Å². The lowest BCUT2D eigenvalue weighted by molar-refractivity contribution is -0.277. The highest BCUT2D eigenvalue weighted by Gasteiger charge is 2.64. The summed E-state index contributed by atoms with van der Waals surface area (Å²) < 4.78 is 29.5. The van der Waals surface area contributed by atoms with Crippen molar-refractivity contribution in [2.45, 2.75) is 121 Å². The molecule has 0 radical (unpaired) electrons. The average molecular weight is 536 g/mol. The summed E-state index contributed by atoms with van der Waals surface area (Å²) in [7, 11) is 1.59. The Bertz CT molecular complexity index is 848. The summed E-state index contributed by atoms with van der Waals surface area (Å²) in [5.74, 6) is -1.55. The van der Waals surface area contributed by atoms with E-state index in [9.17, 15) is 9.90 Å². The second-order valence-corrected chi connectivity index (χ2v) is 11.1. The van der Waals surface area contributed by atoms with Crippen LogP contribution in [-0.4, -0.2) is 67.8 Å². The molecule has 8 heteroatoms. The number of aliphatic hydroxyl groups excluding tert-OH is 1. The Labute approximate surface area is 228 Å². The van der Waals surface area contributed by atoms with Gasteiger partial charge in [0.1, 0.15) is 30.7 Å². The minimum atomic E-state index is -1.19. The lowest BCUT2D eigenvalue weighted by Gasteiger charge is -2.28. The predicted octanol–water partition coefficient (Wildman–Crippen LogP) is 4.90. The summed E-state index contributed by atoms with van der Waals surface area (Å²) in [5.41, 5.74) is 0.844. The summed E-state index contributed by atoms with van der Waals surface area (Å²) in [6.45, 7) is 6.78. The molecule has 38 heavy (non-hydrogen) atoms. The molecule has 4 atom stereocenters. The van der Waals surface area contributed by atoms with Crippen LogP contribution in [0.15, 0.2) is 24.3 Å². The van der Waals surface area contributed by atoms with Crippen molar-refractivity contribution in [3.8, 4) is 5.75 Å². The molecule has 2 heterocycles. The second-order valence-electron chi connectivity index (χ2n) is 11.1. The molecule has 2 aliphatic rings. The Hall–Kier alpha value is -1.71. The van der Waals surface area contributed by atoms with Crippen LogP contribution in [0.5, 0.6) is 5.75 Å². The third-order valence-electron chi connectivity index (χ3n) is 7.25. The molecule has 2 saturated heterocycles. The smallest absolute Gasteiger partial charge is 0.224 e. The van der Waals surface area contributed by atoms with E-state index in [1.54, 1.807) is 21.0 Å². The highest BCUT2D eigenvalue weighted by Crippen LogP contribution is 2.45. The molecule has 8 nitrogen and oxygen atoms in total. The number of nitrogens with one attached hydrogen (secondary N) is 1. The van der Waals surface area contributed by atoms with Crippen LogP contribution in [0.4, 0.5) is 0 Å². The van der Waals surface area contributed by atoms with Crippen LogP contribution in [0.2, 0.25) is 0 Å². The van der Waals surface area contributed by atoms with Gasteiger partial charge in [-0.3, -0.25) is 4.79 Å². The first-order valence-electron chi connectivity index (χ1n) is 14.5. The number of unbranched alkanes of at least 4 members (excludes halogenated alkanes) is 9. The lowest BCUT2D eigenvalue weighted by Crippen LogP contribution is -2.45. The van der Waals surface area contributed by atoms with Crippen LogP contribution in [-0.2, 0) is 30.2 Å². The van der Waals surface area contributed by atoms with Crippen molar-refractivity contribution in [1.82, 2.24) is 5.32 Å². The van der Waals surface area contributed by atoms with E-state index >= 15 is 0 Å². The molecule has 0 saturated carbocycles. The normalized spacial score (nSPS) is 25.9. The van der Waals surface area contributed by atoms with Gasteiger partial charge < -0.3 is 34.1 Å². The zero-order chi connectivity index (χ0) is 27.4. The lowest BCUT2D eigenvalue weighted by atomic mass is 10.1. The number of amides is 1. The number of benzene rings is 1. The quantitative estimate of drug-likeness (QED) is 0.258. The maximum Gasteiger partial charge on any atom is 0.224 e. The molecule has 1 aromatic rings. The van der Waals surface area contributed by atoms with Gasteiger partial charge in [0.15, 0.2) is 5.79 Å². The summed E-state index contributed by atoms with van der Waals surface area (Å²) >= 11 is 0. The van der Waals surface area contributed by atoms with Gasteiger partial charge >= 0.3 is 0 Å². The molecule has 0 aliphatic carbocycles. The van der Waals surface area contributed by atoms with Crippen LogP contribution in [0.1, 0.15) is 90.5 Å². The zero-order valence-corrected chi connectivity index (χ0v) is 23.8. The molecular weight excluding hydrogens is 486 g/mol. The standard InChI is InChI=1S/C30H49NO7/c1-5-6-7-8-9-10-11-12-13-14-18-35-22-30-28(37-29(2,3)38-30)27(33)25(36-30)21-31-26(32)20-23-16-15-17-24(19-23)34-4/h15-17,19,25,27-28,33H,5-14,18,20-22H2,1-4H3,(H,31,32)/t25-,27+,28-,30-/m0/s1. The van der Waals surface area contributed by atoms with Crippen molar-refractivity contribution in [1.29, 1.82) is 0 Å². The van der Waals surface area contributed by atoms with Gasteiger partial charge in [-0.05, 0) is 38.0 Å². The minimum Gasteiger partial charge on any atom is -0.497 e. The Balaban J connectivity index is 1.39. The third-order valence-corrected chi connectivity index (χ3v) is 7.25. The number of rotatable bonds is 18. The fraction of sp³-hybridized carbons (Fsp3) is 0.767. The van der Waals surface area contributed by atoms with Gasteiger partial charge in [0, 0.05) is 13.2 Å². The first-order valence-corrected chi connectivity index (χ1v) is 14.5. The average Bonchev–Trinajstić information content (AvgIpc) is 3.30. The third kappa shape index (κ3) is 9.19. The van der Waals surface area contributed by atoms with Crippen LogP contribution in [0.25, 0.3) is 0 Å². The largest absolute Gasteiger partial charge is 0.497 e. The highest BCUT2D eigenvalue weighted by atomic mass is 16.9. The number of hydrogen-bond acceptors (Lipinski definition) is 7. The molecular formula is C30H49NO7. The molecule has 0 spiro atoms. The SMILES string of the molecule is CCCCCCCCCCCCOC[C@@]12O[C@@H](CNC(=O)Cc3cccc(OC)c3)[C@@H](O)[C@@H]1OC(C)(C)O2. The minimum absolute atomic E-state index is 0.147. The van der Waals surface area contributed by atoms with E-state index in [1.807, 2.05) is 24.3 Å². The molecule has 1 aromatic carbocycles. The molecule has 2 N–H and O–H groups in total. The van der Waals surface area contributed by atoms with Crippen LogP contribution < -0.4 is 10.1 Å². The molecule has 0 bridgehead atoms. The molecule has 1 amide bonds. The Morgan fingerprint density at radius 1 is 1.03 bits per heavy atom. The number of hydrogen-bond donors (Lipinski definition) is 2. The van der Waals surface area contributed by atoms with Gasteiger partial charge in [0.2, 0.25) is 11.7 Å². The van der Waals surface area contributed by atoms with Crippen molar-refractivity contribution in [3.05, 3.63) is 29.8 Å². The fourth-order valence-electron chi connectivity index (χ4n) is 5.29. The summed E-state index contributed by atoms with van der Waals surface area (Å²) in [5, 5.41) is 13.8. The van der Waals surface area contributed by atoms with E-state index < -0.39 is 29.9 Å². The van der Waals surface area contributed by atoms with Crippen LogP contribution >= 0.6 is 0 Å². The van der Waals surface area contributed by atoms with Crippen molar-refractivity contribution in [2.24, 2.45) is 0 Å². The van der Waals surface area contributed by atoms with Gasteiger partial charge in [-0.15, -0.1) is 0 Å². The fourth-order valence-corrected chi connectivity index (χ4v) is 5.29. The summed E-state index contributed by atoms with van der Waals surface area (Å²) in [6.07, 6.45) is 10.6. The number of carbonyl (C=O) groups excluding carboxylic acids is 1. The second kappa shape index (κ2) is 15.2. The summed E-state index contributed by atoms with van der Waals surface area (Å²) in [6, 6.07) is 7.39. The van der Waals surface area contributed by atoms with E-state index in [4.69, 9.17) is 23.7 Å². The molecule has 3 rings (SSSR count). The number of carbonyl (C=O) groups is 1. The molecule has 0 unspecified atom stereocenters. The van der Waals surface area contributed by atoms with Gasteiger partial charge in [-0.2, -0.15) is 0 Å². The first kappa shape index (κ1) is 30.8.